The van der Waals surface area contributed by atoms with Gasteiger partial charge >= 0.3 is 0 Å². The zero-order valence-corrected chi connectivity index (χ0v) is 15.0. The molecule has 2 aromatic carbocycles. The minimum atomic E-state index is -0.230. The van der Waals surface area contributed by atoms with Crippen LogP contribution in [-0.2, 0) is 4.79 Å². The van der Waals surface area contributed by atoms with Crippen LogP contribution in [0.25, 0.3) is 32.2 Å². The van der Waals surface area contributed by atoms with E-state index < -0.39 is 0 Å². The molecule has 8 heteroatoms. The molecule has 4 rings (SSSR count). The number of nitrogens with zero attached hydrogens (tertiary/aromatic N) is 2. The number of benzene rings is 2. The van der Waals surface area contributed by atoms with Crippen molar-refractivity contribution in [3.8, 4) is 11.1 Å². The van der Waals surface area contributed by atoms with Gasteiger partial charge in [0.1, 0.15) is 5.82 Å². The third-order valence-electron chi connectivity index (χ3n) is 4.10. The Labute approximate surface area is 150 Å². The second kappa shape index (κ2) is 6.12. The molecule has 126 valence electrons. The van der Waals surface area contributed by atoms with E-state index in [2.05, 4.69) is 20.5 Å². The van der Waals surface area contributed by atoms with Gasteiger partial charge < -0.3 is 5.32 Å². The molecule has 2 N–H and O–H groups in total. The first-order valence-electron chi connectivity index (χ1n) is 7.44. The molecule has 0 aliphatic heterocycles. The van der Waals surface area contributed by atoms with Crippen LogP contribution in [0.2, 0.25) is 0 Å². The highest BCUT2D eigenvalue weighted by atomic mass is 32.2. The molecule has 0 atom stereocenters. The molecule has 0 saturated carbocycles. The number of amides is 1. The van der Waals surface area contributed by atoms with Gasteiger partial charge in [-0.05, 0) is 42.0 Å². The van der Waals surface area contributed by atoms with Crippen molar-refractivity contribution in [1.82, 2.24) is 15.2 Å². The van der Waals surface area contributed by atoms with E-state index in [0.717, 1.165) is 26.7 Å². The Morgan fingerprint density at radius 3 is 3.00 bits per heavy atom. The van der Waals surface area contributed by atoms with Crippen molar-refractivity contribution in [3.63, 3.8) is 0 Å². The molecule has 2 heterocycles. The first-order chi connectivity index (χ1) is 12.1. The molecule has 0 spiro atoms. The fourth-order valence-electron chi connectivity index (χ4n) is 3.00. The highest BCUT2D eigenvalue weighted by molar-refractivity contribution is 7.98. The Balaban J connectivity index is 1.98. The van der Waals surface area contributed by atoms with Crippen LogP contribution in [0, 0.1) is 12.7 Å². The summed E-state index contributed by atoms with van der Waals surface area (Å²) in [5.41, 5.74) is 3.80. The molecule has 0 unspecified atom stereocenters. The summed E-state index contributed by atoms with van der Waals surface area (Å²) in [4.78, 5) is 15.5. The molecule has 4 aromatic rings. The Morgan fingerprint density at radius 2 is 2.24 bits per heavy atom. The zero-order chi connectivity index (χ0) is 17.6. The lowest BCUT2D eigenvalue weighted by atomic mass is 9.96. The average Bonchev–Trinajstić information content (AvgIpc) is 3.22. The number of rotatable bonds is 4. The van der Waals surface area contributed by atoms with Crippen molar-refractivity contribution in [2.45, 2.75) is 11.8 Å². The highest BCUT2D eigenvalue weighted by Crippen LogP contribution is 2.40. The van der Waals surface area contributed by atoms with E-state index in [9.17, 15) is 9.18 Å². The molecule has 5 nitrogen and oxygen atoms in total. The highest BCUT2D eigenvalue weighted by Gasteiger charge is 2.19. The second-order valence-corrected chi connectivity index (χ2v) is 7.32. The lowest BCUT2D eigenvalue weighted by Crippen LogP contribution is -1.94. The van der Waals surface area contributed by atoms with Gasteiger partial charge in [-0.1, -0.05) is 17.4 Å². The van der Waals surface area contributed by atoms with E-state index in [1.165, 1.54) is 23.1 Å². The Morgan fingerprint density at radius 1 is 1.40 bits per heavy atom. The van der Waals surface area contributed by atoms with Crippen LogP contribution in [0.3, 0.4) is 0 Å². The summed E-state index contributed by atoms with van der Waals surface area (Å²) in [6.07, 6.45) is 4.18. The van der Waals surface area contributed by atoms with Crippen LogP contribution in [0.4, 0.5) is 9.52 Å². The smallest absolute Gasteiger partial charge is 0.213 e. The number of carbonyl (C=O) groups excluding carboxylic acids is 1. The number of thiazole rings is 1. The number of hydrogen-bond donors (Lipinski definition) is 2. The number of anilines is 1. The Hall–Kier alpha value is -2.45. The van der Waals surface area contributed by atoms with Crippen molar-refractivity contribution >= 4 is 55.8 Å². The van der Waals surface area contributed by atoms with E-state index >= 15 is 0 Å². The summed E-state index contributed by atoms with van der Waals surface area (Å²) in [5, 5.41) is 11.0. The number of hydrogen-bond acceptors (Lipinski definition) is 5. The van der Waals surface area contributed by atoms with Gasteiger partial charge in [0.25, 0.3) is 0 Å². The summed E-state index contributed by atoms with van der Waals surface area (Å²) in [5.74, 6) is -0.230. The van der Waals surface area contributed by atoms with Crippen LogP contribution >= 0.6 is 23.1 Å². The second-order valence-electron chi connectivity index (χ2n) is 5.47. The maximum absolute atomic E-state index is 14.8. The Bertz CT molecular complexity index is 1120. The van der Waals surface area contributed by atoms with Crippen molar-refractivity contribution in [2.75, 3.05) is 11.6 Å². The van der Waals surface area contributed by atoms with Gasteiger partial charge in [0, 0.05) is 5.39 Å². The number of nitrogens with one attached hydrogen (secondary N) is 2. The third-order valence-corrected chi connectivity index (χ3v) is 5.84. The zero-order valence-electron chi connectivity index (χ0n) is 13.4. The summed E-state index contributed by atoms with van der Waals surface area (Å²) in [6, 6.07) is 5.76. The molecular weight excluding hydrogens is 359 g/mol. The van der Waals surface area contributed by atoms with Gasteiger partial charge in [0.2, 0.25) is 6.41 Å². The van der Waals surface area contributed by atoms with E-state index in [4.69, 9.17) is 0 Å². The van der Waals surface area contributed by atoms with E-state index in [1.807, 2.05) is 24.5 Å². The predicted molar refractivity (Wildman–Crippen MR) is 101 cm³/mol. The van der Waals surface area contributed by atoms with Gasteiger partial charge in [-0.25, -0.2) is 9.37 Å². The summed E-state index contributed by atoms with van der Waals surface area (Å²) < 4.78 is 15.8. The van der Waals surface area contributed by atoms with Gasteiger partial charge in [-0.3, -0.25) is 9.89 Å². The molecule has 2 aromatic heterocycles. The number of carbonyl (C=O) groups is 1. The van der Waals surface area contributed by atoms with Crippen LogP contribution in [0.1, 0.15) is 5.56 Å². The van der Waals surface area contributed by atoms with Crippen molar-refractivity contribution in [2.24, 2.45) is 0 Å². The number of aromatic nitrogens is 3. The number of thioether (sulfide) groups is 1. The molecule has 0 saturated heterocycles. The van der Waals surface area contributed by atoms with Crippen LogP contribution < -0.4 is 5.32 Å². The van der Waals surface area contributed by atoms with E-state index in [-0.39, 0.29) is 5.82 Å². The quantitative estimate of drug-likeness (QED) is 0.406. The SMILES string of the molecule is CSc1c(F)c(C)c(-c2ccc3nc(NC=O)sc3c2)c2cn[nH]c12. The lowest BCUT2D eigenvalue weighted by Gasteiger charge is -2.12. The van der Waals surface area contributed by atoms with E-state index in [0.29, 0.717) is 27.5 Å². The fourth-order valence-corrected chi connectivity index (χ4v) is 4.55. The summed E-state index contributed by atoms with van der Waals surface area (Å²) in [6.45, 7) is 1.78. The predicted octanol–water partition coefficient (Wildman–Crippen LogP) is 4.58. The maximum atomic E-state index is 14.8. The third kappa shape index (κ3) is 2.49. The number of halogens is 1. The van der Waals surface area contributed by atoms with Crippen molar-refractivity contribution in [1.29, 1.82) is 0 Å². The monoisotopic (exact) mass is 372 g/mol. The summed E-state index contributed by atoms with van der Waals surface area (Å²) in [7, 11) is 0. The number of aromatic amines is 1. The first-order valence-corrected chi connectivity index (χ1v) is 9.48. The van der Waals surface area contributed by atoms with Crippen LogP contribution in [0.15, 0.2) is 29.3 Å². The van der Waals surface area contributed by atoms with Gasteiger partial charge in [0.15, 0.2) is 5.13 Å². The van der Waals surface area contributed by atoms with Gasteiger partial charge in [0.05, 0.1) is 26.8 Å². The number of fused-ring (bicyclic) bond motifs is 2. The minimum Gasteiger partial charge on any atom is -0.305 e. The Kier molecular flexibility index (Phi) is 3.93. The molecule has 0 fully saturated rings. The first kappa shape index (κ1) is 16.0. The van der Waals surface area contributed by atoms with Gasteiger partial charge in [-0.2, -0.15) is 5.10 Å². The molecule has 0 bridgehead atoms. The fraction of sp³-hybridized carbons (Fsp3) is 0.118. The van der Waals surface area contributed by atoms with Gasteiger partial charge in [-0.15, -0.1) is 11.8 Å². The standard InChI is InChI=1S/C17H13FN4OS2/c1-8-13(10-6-20-22-15(10)16(24-2)14(8)18)9-3-4-11-12(5-9)25-17(21-11)19-7-23/h3-7H,1-2H3,(H,20,22)(H,19,21,23). The lowest BCUT2D eigenvalue weighted by molar-refractivity contribution is -0.105. The molecule has 0 aliphatic carbocycles. The molecule has 0 aliphatic rings. The molecule has 1 amide bonds. The number of H-pyrrole nitrogens is 1. The summed E-state index contributed by atoms with van der Waals surface area (Å²) >= 11 is 2.74. The largest absolute Gasteiger partial charge is 0.305 e. The molecule has 0 radical (unpaired) electrons. The minimum absolute atomic E-state index is 0.230. The normalized spacial score (nSPS) is 11.3. The topological polar surface area (TPSA) is 70.7 Å². The molecule has 25 heavy (non-hydrogen) atoms. The van der Waals surface area contributed by atoms with Crippen molar-refractivity contribution in [3.05, 3.63) is 35.8 Å². The van der Waals surface area contributed by atoms with E-state index in [1.54, 1.807) is 13.1 Å². The molecular formula is C17H13FN4OS2. The average molecular weight is 372 g/mol. The van der Waals surface area contributed by atoms with Crippen LogP contribution in [0.5, 0.6) is 0 Å². The maximum Gasteiger partial charge on any atom is 0.213 e. The van der Waals surface area contributed by atoms with Crippen molar-refractivity contribution < 1.29 is 9.18 Å². The van der Waals surface area contributed by atoms with Crippen LogP contribution in [-0.4, -0.2) is 27.8 Å².